The molecule has 9 rings (SSSR count). The van der Waals surface area contributed by atoms with Gasteiger partial charge >= 0.3 is 0 Å². The van der Waals surface area contributed by atoms with Crippen molar-refractivity contribution >= 4 is 31.8 Å². The molecule has 46 heavy (non-hydrogen) atoms. The van der Waals surface area contributed by atoms with Gasteiger partial charge in [-0.15, -0.1) is 0 Å². The third kappa shape index (κ3) is 4.17. The fraction of sp³-hybridized carbons (Fsp3) is 0. The van der Waals surface area contributed by atoms with E-state index in [-0.39, 0.29) is 0 Å². The summed E-state index contributed by atoms with van der Waals surface area (Å²) in [5.41, 5.74) is 7.43. The van der Waals surface area contributed by atoms with Gasteiger partial charge in [0.2, 0.25) is 9.84 Å². The van der Waals surface area contributed by atoms with Crippen molar-refractivity contribution in [2.24, 2.45) is 0 Å². The van der Waals surface area contributed by atoms with E-state index in [1.165, 1.54) is 0 Å². The van der Waals surface area contributed by atoms with E-state index in [0.29, 0.717) is 27.3 Å². The maximum Gasteiger partial charge on any atom is 0.207 e. The fourth-order valence-corrected chi connectivity index (χ4v) is 7.90. The molecule has 0 saturated heterocycles. The number of hydrogen-bond donors (Lipinski definition) is 0. The zero-order chi connectivity index (χ0) is 30.8. The summed E-state index contributed by atoms with van der Waals surface area (Å²) in [5.74, 6) is 1.76. The van der Waals surface area contributed by atoms with E-state index >= 15 is 0 Å². The van der Waals surface area contributed by atoms with Gasteiger partial charge in [0.05, 0.1) is 9.79 Å². The molecule has 1 aliphatic heterocycles. The van der Waals surface area contributed by atoms with Crippen LogP contribution in [-0.2, 0) is 9.84 Å². The van der Waals surface area contributed by atoms with E-state index < -0.39 is 9.84 Å². The molecule has 218 valence electrons. The van der Waals surface area contributed by atoms with E-state index in [4.69, 9.17) is 19.4 Å². The SMILES string of the molecule is O=S1(=O)c2ccccc2-c2cc(-c3ccc4c(c3)oc3cc(-c5nc(-c6ccccc6)nc(-c6ccccc6)n5)ccc34)ccc21. The van der Waals surface area contributed by atoms with Crippen LogP contribution in [0.5, 0.6) is 0 Å². The minimum atomic E-state index is -3.51. The maximum atomic E-state index is 13.1. The van der Waals surface area contributed by atoms with Crippen LogP contribution in [0.15, 0.2) is 154 Å². The quantitative estimate of drug-likeness (QED) is 0.197. The first-order valence-electron chi connectivity index (χ1n) is 14.9. The van der Waals surface area contributed by atoms with Gasteiger partial charge in [0.25, 0.3) is 0 Å². The highest BCUT2D eigenvalue weighted by atomic mass is 32.2. The Balaban J connectivity index is 1.14. The molecule has 3 heterocycles. The van der Waals surface area contributed by atoms with Crippen LogP contribution in [0, 0.1) is 0 Å². The second kappa shape index (κ2) is 10.1. The van der Waals surface area contributed by atoms with Crippen molar-refractivity contribution in [2.45, 2.75) is 9.79 Å². The largest absolute Gasteiger partial charge is 0.456 e. The van der Waals surface area contributed by atoms with Gasteiger partial charge in [-0.05, 0) is 53.6 Å². The van der Waals surface area contributed by atoms with Gasteiger partial charge in [-0.25, -0.2) is 23.4 Å². The molecule has 0 saturated carbocycles. The van der Waals surface area contributed by atoms with E-state index in [9.17, 15) is 8.42 Å². The van der Waals surface area contributed by atoms with Crippen molar-refractivity contribution in [3.63, 3.8) is 0 Å². The van der Waals surface area contributed by atoms with Gasteiger partial charge < -0.3 is 4.42 Å². The second-order valence-corrected chi connectivity index (χ2v) is 13.2. The number of nitrogens with zero attached hydrogens (tertiary/aromatic N) is 3. The lowest BCUT2D eigenvalue weighted by molar-refractivity contribution is 0.598. The number of hydrogen-bond acceptors (Lipinski definition) is 6. The van der Waals surface area contributed by atoms with Crippen molar-refractivity contribution < 1.29 is 12.8 Å². The van der Waals surface area contributed by atoms with Gasteiger partial charge in [-0.3, -0.25) is 0 Å². The second-order valence-electron chi connectivity index (χ2n) is 11.3. The molecule has 7 heteroatoms. The molecule has 2 aromatic heterocycles. The van der Waals surface area contributed by atoms with Crippen LogP contribution in [-0.4, -0.2) is 23.4 Å². The monoisotopic (exact) mass is 613 g/mol. The Kier molecular flexibility index (Phi) is 5.79. The number of fused-ring (bicyclic) bond motifs is 6. The molecule has 0 radical (unpaired) electrons. The van der Waals surface area contributed by atoms with Crippen molar-refractivity contribution in [3.8, 4) is 56.4 Å². The van der Waals surface area contributed by atoms with Gasteiger partial charge in [0.15, 0.2) is 17.5 Å². The number of benzene rings is 6. The van der Waals surface area contributed by atoms with Crippen LogP contribution in [0.2, 0.25) is 0 Å². The molecule has 0 N–H and O–H groups in total. The number of rotatable bonds is 4. The Morgan fingerprint density at radius 1 is 0.413 bits per heavy atom. The topological polar surface area (TPSA) is 86.0 Å². The van der Waals surface area contributed by atoms with Crippen molar-refractivity contribution in [3.05, 3.63) is 140 Å². The van der Waals surface area contributed by atoms with E-state index in [0.717, 1.165) is 60.9 Å². The summed E-state index contributed by atoms with van der Waals surface area (Å²) < 4.78 is 32.6. The minimum Gasteiger partial charge on any atom is -0.456 e. The number of furan rings is 1. The number of sulfone groups is 1. The first-order valence-corrected chi connectivity index (χ1v) is 16.3. The third-order valence-electron chi connectivity index (χ3n) is 8.50. The molecule has 0 atom stereocenters. The molecule has 0 fully saturated rings. The lowest BCUT2D eigenvalue weighted by Crippen LogP contribution is -2.00. The summed E-state index contributed by atoms with van der Waals surface area (Å²) in [7, 11) is -3.51. The molecule has 8 aromatic rings. The first kappa shape index (κ1) is 26.5. The lowest BCUT2D eigenvalue weighted by atomic mass is 9.98. The average molecular weight is 614 g/mol. The molecular formula is C39H23N3O3S. The standard InChI is InChI=1S/C39H23N3O3S/c43-46(44)35-14-8-7-13-31(35)32-21-26(17-20-36(32)46)27-15-18-29-30-19-16-28(23-34(30)45-33(29)22-27)39-41-37(24-9-3-1-4-10-24)40-38(42-39)25-11-5-2-6-12-25/h1-23H. The van der Waals surface area contributed by atoms with Crippen LogP contribution in [0.4, 0.5) is 0 Å². The molecule has 0 spiro atoms. The smallest absolute Gasteiger partial charge is 0.207 e. The zero-order valence-corrected chi connectivity index (χ0v) is 25.1. The summed E-state index contributed by atoms with van der Waals surface area (Å²) in [6.45, 7) is 0. The summed E-state index contributed by atoms with van der Waals surface area (Å²) in [6.07, 6.45) is 0. The van der Waals surface area contributed by atoms with E-state index in [1.807, 2.05) is 115 Å². The molecular weight excluding hydrogens is 591 g/mol. The van der Waals surface area contributed by atoms with Gasteiger partial charge in [-0.1, -0.05) is 97.1 Å². The molecule has 6 nitrogen and oxygen atoms in total. The van der Waals surface area contributed by atoms with Gasteiger partial charge in [0, 0.05) is 38.6 Å². The highest BCUT2D eigenvalue weighted by molar-refractivity contribution is 7.92. The van der Waals surface area contributed by atoms with Crippen LogP contribution in [0.3, 0.4) is 0 Å². The first-order chi connectivity index (χ1) is 22.5. The Morgan fingerprint density at radius 3 is 1.54 bits per heavy atom. The predicted molar refractivity (Wildman–Crippen MR) is 180 cm³/mol. The van der Waals surface area contributed by atoms with Crippen LogP contribution >= 0.6 is 0 Å². The van der Waals surface area contributed by atoms with Crippen molar-refractivity contribution in [2.75, 3.05) is 0 Å². The predicted octanol–water partition coefficient (Wildman–Crippen LogP) is 9.25. The molecule has 0 aliphatic carbocycles. The highest BCUT2D eigenvalue weighted by Crippen LogP contribution is 2.45. The van der Waals surface area contributed by atoms with Crippen LogP contribution in [0.1, 0.15) is 0 Å². The van der Waals surface area contributed by atoms with Crippen molar-refractivity contribution in [1.29, 1.82) is 0 Å². The molecule has 1 aliphatic rings. The Hall–Kier alpha value is -5.92. The van der Waals surface area contributed by atoms with Gasteiger partial charge in [0.1, 0.15) is 11.2 Å². The van der Waals surface area contributed by atoms with E-state index in [1.54, 1.807) is 18.2 Å². The highest BCUT2D eigenvalue weighted by Gasteiger charge is 2.32. The zero-order valence-electron chi connectivity index (χ0n) is 24.3. The number of aromatic nitrogens is 3. The summed E-state index contributed by atoms with van der Waals surface area (Å²) in [4.78, 5) is 15.2. The molecule has 6 aromatic carbocycles. The molecule has 0 bridgehead atoms. The van der Waals surface area contributed by atoms with Gasteiger partial charge in [-0.2, -0.15) is 0 Å². The third-order valence-corrected chi connectivity index (χ3v) is 10.4. The minimum absolute atomic E-state index is 0.346. The van der Waals surface area contributed by atoms with E-state index in [2.05, 4.69) is 6.07 Å². The Morgan fingerprint density at radius 2 is 0.891 bits per heavy atom. The normalized spacial score (nSPS) is 13.1. The Bertz CT molecular complexity index is 2540. The van der Waals surface area contributed by atoms with Crippen LogP contribution in [0.25, 0.3) is 78.4 Å². The van der Waals surface area contributed by atoms with Crippen LogP contribution < -0.4 is 0 Å². The molecule has 0 unspecified atom stereocenters. The summed E-state index contributed by atoms with van der Waals surface area (Å²) >= 11 is 0. The Labute approximate surface area is 264 Å². The summed E-state index contributed by atoms with van der Waals surface area (Å²) in [5, 5.41) is 1.98. The fourth-order valence-electron chi connectivity index (χ4n) is 6.23. The average Bonchev–Trinajstić information content (AvgIpc) is 3.59. The maximum absolute atomic E-state index is 13.1. The lowest BCUT2D eigenvalue weighted by Gasteiger charge is -2.08. The summed E-state index contributed by atoms with van der Waals surface area (Å²) in [6, 6.07) is 44.6. The van der Waals surface area contributed by atoms with Crippen molar-refractivity contribution in [1.82, 2.24) is 15.0 Å². The molecule has 0 amide bonds.